The molecule has 0 bridgehead atoms. The van der Waals surface area contributed by atoms with Crippen LogP contribution in [0.1, 0.15) is 25.0 Å². The Morgan fingerprint density at radius 2 is 1.70 bits per heavy atom. The van der Waals surface area contributed by atoms with E-state index < -0.39 is 12.0 Å². The molecule has 0 radical (unpaired) electrons. The molecule has 4 heteroatoms. The number of carboxylic acid groups (broad SMARTS) is 1. The van der Waals surface area contributed by atoms with Gasteiger partial charge in [-0.15, -0.1) is 0 Å². The van der Waals surface area contributed by atoms with E-state index in [4.69, 9.17) is 4.74 Å². The summed E-state index contributed by atoms with van der Waals surface area (Å²) < 4.78 is 5.73. The van der Waals surface area contributed by atoms with Gasteiger partial charge in [-0.2, -0.15) is 0 Å². The molecule has 0 spiro atoms. The van der Waals surface area contributed by atoms with Crippen molar-refractivity contribution in [3.63, 3.8) is 0 Å². The van der Waals surface area contributed by atoms with Gasteiger partial charge in [-0.3, -0.25) is 4.79 Å². The maximum atomic E-state index is 11.3. The van der Waals surface area contributed by atoms with E-state index in [1.807, 2.05) is 68.4 Å². The van der Waals surface area contributed by atoms with Crippen molar-refractivity contribution < 1.29 is 14.6 Å². The minimum Gasteiger partial charge on any atom is -0.489 e. The van der Waals surface area contributed by atoms with Crippen LogP contribution in [0.25, 0.3) is 0 Å². The second-order valence-electron chi connectivity index (χ2n) is 5.83. The molecule has 1 atom stereocenters. The maximum absolute atomic E-state index is 11.3. The lowest BCUT2D eigenvalue weighted by Gasteiger charge is -2.17. The molecule has 4 nitrogen and oxygen atoms in total. The third-order valence-corrected chi connectivity index (χ3v) is 3.44. The van der Waals surface area contributed by atoms with Crippen LogP contribution in [0.5, 0.6) is 5.75 Å². The molecule has 2 aromatic carbocycles. The largest absolute Gasteiger partial charge is 0.489 e. The second kappa shape index (κ2) is 8.34. The van der Waals surface area contributed by atoms with Crippen molar-refractivity contribution in [3.8, 4) is 5.75 Å². The molecule has 2 rings (SSSR count). The van der Waals surface area contributed by atoms with Crippen LogP contribution in [0.3, 0.4) is 0 Å². The zero-order valence-electron chi connectivity index (χ0n) is 13.5. The molecule has 0 amide bonds. The summed E-state index contributed by atoms with van der Waals surface area (Å²) in [6.45, 7) is 4.40. The molecule has 0 saturated heterocycles. The number of carbonyl (C=O) groups is 1. The van der Waals surface area contributed by atoms with E-state index in [1.54, 1.807) is 0 Å². The van der Waals surface area contributed by atoms with Gasteiger partial charge in [-0.05, 0) is 29.7 Å². The highest BCUT2D eigenvalue weighted by Crippen LogP contribution is 2.15. The van der Waals surface area contributed by atoms with E-state index in [0.717, 1.165) is 16.9 Å². The lowest BCUT2D eigenvalue weighted by Crippen LogP contribution is -2.42. The number of hydrogen-bond acceptors (Lipinski definition) is 3. The number of carboxylic acids is 1. The highest BCUT2D eigenvalue weighted by atomic mass is 16.5. The quantitative estimate of drug-likeness (QED) is 0.785. The molecule has 0 fully saturated rings. The zero-order valence-corrected chi connectivity index (χ0v) is 13.5. The summed E-state index contributed by atoms with van der Waals surface area (Å²) in [4.78, 5) is 11.3. The summed E-state index contributed by atoms with van der Waals surface area (Å²) >= 11 is 0. The van der Waals surface area contributed by atoms with E-state index in [0.29, 0.717) is 13.0 Å². The minimum absolute atomic E-state index is 0.129. The standard InChI is InChI=1S/C19H23NO3/c1-14(2)20-18(19(21)22)12-15-8-10-17(11-9-15)23-13-16-6-4-3-5-7-16/h3-11,14,18,20H,12-13H2,1-2H3,(H,21,22)/t18-/m1/s1. The summed E-state index contributed by atoms with van der Waals surface area (Å²) in [5.41, 5.74) is 2.08. The Morgan fingerprint density at radius 3 is 2.26 bits per heavy atom. The average molecular weight is 313 g/mol. The molecular formula is C19H23NO3. The number of rotatable bonds is 8. The molecule has 0 heterocycles. The van der Waals surface area contributed by atoms with Crippen LogP contribution in [0, 0.1) is 0 Å². The molecule has 23 heavy (non-hydrogen) atoms. The van der Waals surface area contributed by atoms with Gasteiger partial charge in [0, 0.05) is 6.04 Å². The Labute approximate surface area is 137 Å². The number of aliphatic carboxylic acids is 1. The Bertz CT molecular complexity index is 608. The van der Waals surface area contributed by atoms with E-state index in [1.165, 1.54) is 0 Å². The predicted molar refractivity (Wildman–Crippen MR) is 90.6 cm³/mol. The molecule has 0 saturated carbocycles. The van der Waals surface area contributed by atoms with Gasteiger partial charge in [0.25, 0.3) is 0 Å². The van der Waals surface area contributed by atoms with Crippen LogP contribution in [0.15, 0.2) is 54.6 Å². The first kappa shape index (κ1) is 17.0. The topological polar surface area (TPSA) is 58.6 Å². The normalized spacial score (nSPS) is 12.1. The van der Waals surface area contributed by atoms with Crippen molar-refractivity contribution in [1.82, 2.24) is 5.32 Å². The third kappa shape index (κ3) is 5.75. The first-order valence-electron chi connectivity index (χ1n) is 7.79. The molecule has 2 N–H and O–H groups in total. The van der Waals surface area contributed by atoms with Crippen molar-refractivity contribution in [2.75, 3.05) is 0 Å². The summed E-state index contributed by atoms with van der Waals surface area (Å²) in [5, 5.41) is 12.3. The molecule has 0 aliphatic rings. The Kier molecular flexibility index (Phi) is 6.18. The lowest BCUT2D eigenvalue weighted by atomic mass is 10.1. The van der Waals surface area contributed by atoms with Crippen LogP contribution < -0.4 is 10.1 Å². The Morgan fingerprint density at radius 1 is 1.04 bits per heavy atom. The molecular weight excluding hydrogens is 290 g/mol. The van der Waals surface area contributed by atoms with Gasteiger partial charge in [0.2, 0.25) is 0 Å². The number of ether oxygens (including phenoxy) is 1. The van der Waals surface area contributed by atoms with Crippen LogP contribution in [0.4, 0.5) is 0 Å². The Hall–Kier alpha value is -2.33. The highest BCUT2D eigenvalue weighted by Gasteiger charge is 2.18. The van der Waals surface area contributed by atoms with Crippen LogP contribution >= 0.6 is 0 Å². The first-order chi connectivity index (χ1) is 11.0. The van der Waals surface area contributed by atoms with Crippen molar-refractivity contribution in [2.45, 2.75) is 39.0 Å². The van der Waals surface area contributed by atoms with Gasteiger partial charge in [0.1, 0.15) is 18.4 Å². The molecule has 2 aromatic rings. The number of benzene rings is 2. The van der Waals surface area contributed by atoms with E-state index >= 15 is 0 Å². The number of hydrogen-bond donors (Lipinski definition) is 2. The monoisotopic (exact) mass is 313 g/mol. The molecule has 0 aromatic heterocycles. The fourth-order valence-electron chi connectivity index (χ4n) is 2.32. The third-order valence-electron chi connectivity index (χ3n) is 3.44. The Balaban J connectivity index is 1.92. The van der Waals surface area contributed by atoms with Gasteiger partial charge >= 0.3 is 5.97 Å². The van der Waals surface area contributed by atoms with Crippen molar-refractivity contribution in [3.05, 3.63) is 65.7 Å². The van der Waals surface area contributed by atoms with Gasteiger partial charge in [-0.25, -0.2) is 0 Å². The molecule has 122 valence electrons. The molecule has 0 aliphatic heterocycles. The van der Waals surface area contributed by atoms with E-state index in [-0.39, 0.29) is 6.04 Å². The highest BCUT2D eigenvalue weighted by molar-refractivity contribution is 5.74. The second-order valence-corrected chi connectivity index (χ2v) is 5.83. The summed E-state index contributed by atoms with van der Waals surface area (Å²) in [6.07, 6.45) is 0.451. The van der Waals surface area contributed by atoms with Crippen LogP contribution in [-0.2, 0) is 17.8 Å². The fraction of sp³-hybridized carbons (Fsp3) is 0.316. The summed E-state index contributed by atoms with van der Waals surface area (Å²) in [6, 6.07) is 17.1. The van der Waals surface area contributed by atoms with Gasteiger partial charge in [0.15, 0.2) is 0 Å². The molecule has 0 unspecified atom stereocenters. The van der Waals surface area contributed by atoms with E-state index in [2.05, 4.69) is 5.32 Å². The first-order valence-corrected chi connectivity index (χ1v) is 7.79. The van der Waals surface area contributed by atoms with Gasteiger partial charge < -0.3 is 15.2 Å². The molecule has 0 aliphatic carbocycles. The SMILES string of the molecule is CC(C)N[C@H](Cc1ccc(OCc2ccccc2)cc1)C(=O)O. The predicted octanol–water partition coefficient (Wildman–Crippen LogP) is 3.26. The summed E-state index contributed by atoms with van der Waals surface area (Å²) in [5.74, 6) is -0.0515. The van der Waals surface area contributed by atoms with Gasteiger partial charge in [0.05, 0.1) is 0 Å². The lowest BCUT2D eigenvalue weighted by molar-refractivity contribution is -0.139. The van der Waals surface area contributed by atoms with E-state index in [9.17, 15) is 9.90 Å². The average Bonchev–Trinajstić information content (AvgIpc) is 2.54. The van der Waals surface area contributed by atoms with Gasteiger partial charge in [-0.1, -0.05) is 56.3 Å². The fourth-order valence-corrected chi connectivity index (χ4v) is 2.32. The smallest absolute Gasteiger partial charge is 0.321 e. The van der Waals surface area contributed by atoms with Crippen molar-refractivity contribution in [1.29, 1.82) is 0 Å². The summed E-state index contributed by atoms with van der Waals surface area (Å²) in [7, 11) is 0. The van der Waals surface area contributed by atoms with Crippen molar-refractivity contribution >= 4 is 5.97 Å². The maximum Gasteiger partial charge on any atom is 0.321 e. The minimum atomic E-state index is -0.830. The zero-order chi connectivity index (χ0) is 16.7. The van der Waals surface area contributed by atoms with Crippen molar-refractivity contribution in [2.24, 2.45) is 0 Å². The van der Waals surface area contributed by atoms with Crippen LogP contribution in [0.2, 0.25) is 0 Å². The number of nitrogens with one attached hydrogen (secondary N) is 1. The van der Waals surface area contributed by atoms with Crippen LogP contribution in [-0.4, -0.2) is 23.2 Å².